The Bertz CT molecular complexity index is 1390. The summed E-state index contributed by atoms with van der Waals surface area (Å²) in [5.41, 5.74) is 1.09. The molecule has 0 radical (unpaired) electrons. The highest BCUT2D eigenvalue weighted by Gasteiger charge is 2.26. The molecule has 0 aliphatic carbocycles. The van der Waals surface area contributed by atoms with Crippen molar-refractivity contribution in [1.29, 1.82) is 0 Å². The molecular formula is C23H23ClN4O3S. The van der Waals surface area contributed by atoms with Crippen molar-refractivity contribution in [2.45, 2.75) is 22.8 Å². The highest BCUT2D eigenvalue weighted by Crippen LogP contribution is 2.32. The number of sulfone groups is 1. The molecular weight excluding hydrogens is 448 g/mol. The quantitative estimate of drug-likeness (QED) is 0.419. The van der Waals surface area contributed by atoms with Crippen molar-refractivity contribution in [2.24, 2.45) is 5.92 Å². The summed E-state index contributed by atoms with van der Waals surface area (Å²) in [5, 5.41) is 15.0. The fourth-order valence-corrected chi connectivity index (χ4v) is 5.71. The van der Waals surface area contributed by atoms with Crippen molar-refractivity contribution in [3.05, 3.63) is 60.7 Å². The van der Waals surface area contributed by atoms with Crippen molar-refractivity contribution in [1.82, 2.24) is 15.5 Å². The molecule has 0 saturated carbocycles. The monoisotopic (exact) mass is 470 g/mol. The number of H-pyrrole nitrogens is 1. The van der Waals surface area contributed by atoms with Crippen molar-refractivity contribution in [3.63, 3.8) is 0 Å². The van der Waals surface area contributed by atoms with Gasteiger partial charge in [0.25, 0.3) is 0 Å². The van der Waals surface area contributed by atoms with Crippen LogP contribution >= 0.6 is 12.4 Å². The number of hydrogen-bond acceptors (Lipinski definition) is 5. The van der Waals surface area contributed by atoms with E-state index in [1.807, 2.05) is 24.3 Å². The molecule has 2 heterocycles. The van der Waals surface area contributed by atoms with Gasteiger partial charge in [0, 0.05) is 22.4 Å². The average Bonchev–Trinajstić information content (AvgIpc) is 3.23. The summed E-state index contributed by atoms with van der Waals surface area (Å²) in [7, 11) is -3.85. The number of aromatic amines is 1. The summed E-state index contributed by atoms with van der Waals surface area (Å²) in [6, 6.07) is 17.7. The molecule has 32 heavy (non-hydrogen) atoms. The van der Waals surface area contributed by atoms with Crippen LogP contribution in [0.15, 0.2) is 70.6 Å². The lowest BCUT2D eigenvalue weighted by molar-refractivity contribution is -0.120. The number of benzene rings is 3. The van der Waals surface area contributed by atoms with Gasteiger partial charge >= 0.3 is 0 Å². The molecule has 3 N–H and O–H groups in total. The minimum absolute atomic E-state index is 0. The topological polar surface area (TPSA) is 104 Å². The molecule has 4 aromatic rings. The summed E-state index contributed by atoms with van der Waals surface area (Å²) in [6.45, 7) is 1.65. The first-order valence-electron chi connectivity index (χ1n) is 10.3. The molecule has 9 heteroatoms. The van der Waals surface area contributed by atoms with Gasteiger partial charge in [0.15, 0.2) is 5.03 Å². The van der Waals surface area contributed by atoms with Crippen LogP contribution in [-0.2, 0) is 14.6 Å². The summed E-state index contributed by atoms with van der Waals surface area (Å²) < 4.78 is 27.1. The summed E-state index contributed by atoms with van der Waals surface area (Å²) in [6.07, 6.45) is 1.58. The zero-order valence-corrected chi connectivity index (χ0v) is 18.8. The van der Waals surface area contributed by atoms with E-state index in [9.17, 15) is 13.2 Å². The van der Waals surface area contributed by atoms with E-state index in [2.05, 4.69) is 20.8 Å². The number of rotatable bonds is 4. The van der Waals surface area contributed by atoms with Crippen LogP contribution in [0.2, 0.25) is 0 Å². The SMILES string of the molecule is Cl.O=C(Nc1ccc2n[nH]c(S(=O)(=O)c3cccc4ccccc34)c2c1)C1CCNCC1. The van der Waals surface area contributed by atoms with Crippen LogP contribution in [-0.4, -0.2) is 37.6 Å². The standard InChI is InChI=1S/C23H22N4O3S.ClH/c28-22(16-10-12-24-13-11-16)25-17-8-9-20-19(14-17)23(27-26-20)31(29,30)21-7-3-5-15-4-1-2-6-18(15)21;/h1-9,14,16,24H,10-13H2,(H,25,28)(H,26,27);1H. The molecule has 7 nitrogen and oxygen atoms in total. The van der Waals surface area contributed by atoms with E-state index in [0.717, 1.165) is 31.3 Å². The first-order valence-corrected chi connectivity index (χ1v) is 11.7. The smallest absolute Gasteiger partial charge is 0.227 e. The maximum atomic E-state index is 13.5. The lowest BCUT2D eigenvalue weighted by Crippen LogP contribution is -2.34. The van der Waals surface area contributed by atoms with Gasteiger partial charge in [-0.15, -0.1) is 12.4 Å². The van der Waals surface area contributed by atoms with Crippen LogP contribution in [0.25, 0.3) is 21.7 Å². The average molecular weight is 471 g/mol. The van der Waals surface area contributed by atoms with Crippen LogP contribution < -0.4 is 10.6 Å². The molecule has 1 aliphatic rings. The maximum Gasteiger partial charge on any atom is 0.227 e. The molecule has 1 aromatic heterocycles. The van der Waals surface area contributed by atoms with Gasteiger partial charge in [0.2, 0.25) is 15.7 Å². The number of carbonyl (C=O) groups is 1. The first kappa shape index (κ1) is 22.3. The summed E-state index contributed by atoms with van der Waals surface area (Å²) in [5.74, 6) is -0.0806. The highest BCUT2D eigenvalue weighted by atomic mass is 35.5. The van der Waals surface area contributed by atoms with Gasteiger partial charge < -0.3 is 10.6 Å². The zero-order chi connectivity index (χ0) is 21.4. The number of amides is 1. The fourth-order valence-electron chi connectivity index (χ4n) is 4.14. The summed E-state index contributed by atoms with van der Waals surface area (Å²) in [4.78, 5) is 12.8. The van der Waals surface area contributed by atoms with Gasteiger partial charge in [-0.05, 0) is 55.6 Å². The van der Waals surface area contributed by atoms with Crippen LogP contribution in [0.3, 0.4) is 0 Å². The second-order valence-electron chi connectivity index (χ2n) is 7.78. The van der Waals surface area contributed by atoms with Gasteiger partial charge in [-0.3, -0.25) is 9.89 Å². The van der Waals surface area contributed by atoms with Crippen LogP contribution in [0, 0.1) is 5.92 Å². The van der Waals surface area contributed by atoms with E-state index < -0.39 is 9.84 Å². The van der Waals surface area contributed by atoms with E-state index in [4.69, 9.17) is 0 Å². The van der Waals surface area contributed by atoms with E-state index in [-0.39, 0.29) is 34.2 Å². The normalized spacial score (nSPS) is 14.9. The number of nitrogens with one attached hydrogen (secondary N) is 3. The van der Waals surface area contributed by atoms with Crippen molar-refractivity contribution >= 4 is 55.5 Å². The second-order valence-corrected chi connectivity index (χ2v) is 9.63. The van der Waals surface area contributed by atoms with E-state index in [1.165, 1.54) is 0 Å². The Morgan fingerprint density at radius 2 is 1.72 bits per heavy atom. The molecule has 0 spiro atoms. The molecule has 0 atom stereocenters. The number of piperidine rings is 1. The van der Waals surface area contributed by atoms with Crippen molar-refractivity contribution < 1.29 is 13.2 Å². The fraction of sp³-hybridized carbons (Fsp3) is 0.217. The number of halogens is 1. The third kappa shape index (κ3) is 3.97. The second kappa shape index (κ2) is 8.90. The molecule has 0 unspecified atom stereocenters. The number of carbonyl (C=O) groups excluding carboxylic acids is 1. The predicted molar refractivity (Wildman–Crippen MR) is 127 cm³/mol. The van der Waals surface area contributed by atoms with Gasteiger partial charge in [-0.2, -0.15) is 5.10 Å². The lowest BCUT2D eigenvalue weighted by Gasteiger charge is -2.21. The Morgan fingerprint density at radius 3 is 2.53 bits per heavy atom. The highest BCUT2D eigenvalue weighted by molar-refractivity contribution is 7.91. The Labute approximate surface area is 191 Å². The largest absolute Gasteiger partial charge is 0.326 e. The Balaban J connectivity index is 0.00000245. The number of aromatic nitrogens is 2. The maximum absolute atomic E-state index is 13.5. The minimum Gasteiger partial charge on any atom is -0.326 e. The van der Waals surface area contributed by atoms with E-state index in [0.29, 0.717) is 22.0 Å². The third-order valence-electron chi connectivity index (χ3n) is 5.80. The third-order valence-corrected chi connectivity index (χ3v) is 7.59. The van der Waals surface area contributed by atoms with Crippen molar-refractivity contribution in [3.8, 4) is 0 Å². The number of anilines is 1. The molecule has 0 bridgehead atoms. The number of nitrogens with zero attached hydrogens (tertiary/aromatic N) is 1. The molecule has 1 aliphatic heterocycles. The van der Waals surface area contributed by atoms with Gasteiger partial charge in [-0.25, -0.2) is 8.42 Å². The Hall–Kier alpha value is -2.94. The molecule has 166 valence electrons. The van der Waals surface area contributed by atoms with Crippen LogP contribution in [0.1, 0.15) is 12.8 Å². The predicted octanol–water partition coefficient (Wildman–Crippen LogP) is 3.91. The van der Waals surface area contributed by atoms with Gasteiger partial charge in [-0.1, -0.05) is 36.4 Å². The van der Waals surface area contributed by atoms with Crippen molar-refractivity contribution in [2.75, 3.05) is 18.4 Å². The lowest BCUT2D eigenvalue weighted by atomic mass is 9.97. The Morgan fingerprint density at radius 1 is 0.969 bits per heavy atom. The van der Waals surface area contributed by atoms with E-state index in [1.54, 1.807) is 36.4 Å². The minimum atomic E-state index is -3.85. The summed E-state index contributed by atoms with van der Waals surface area (Å²) >= 11 is 0. The Kier molecular flexibility index (Phi) is 6.19. The number of hydrogen-bond donors (Lipinski definition) is 3. The molecule has 1 fully saturated rings. The number of fused-ring (bicyclic) bond motifs is 2. The molecule has 3 aromatic carbocycles. The first-order chi connectivity index (χ1) is 15.0. The van der Waals surface area contributed by atoms with Gasteiger partial charge in [0.05, 0.1) is 10.4 Å². The van der Waals surface area contributed by atoms with Gasteiger partial charge in [0.1, 0.15) is 0 Å². The molecule has 5 rings (SSSR count). The van der Waals surface area contributed by atoms with Crippen LogP contribution in [0.5, 0.6) is 0 Å². The molecule has 1 saturated heterocycles. The zero-order valence-electron chi connectivity index (χ0n) is 17.2. The van der Waals surface area contributed by atoms with E-state index >= 15 is 0 Å². The van der Waals surface area contributed by atoms with Crippen LogP contribution in [0.4, 0.5) is 5.69 Å². The molecule has 1 amide bonds.